The van der Waals surface area contributed by atoms with Gasteiger partial charge in [-0.2, -0.15) is 0 Å². The second kappa shape index (κ2) is 9.13. The summed E-state index contributed by atoms with van der Waals surface area (Å²) in [4.78, 5) is 23.8. The Bertz CT molecular complexity index is 448. The molecule has 5 nitrogen and oxygen atoms in total. The Morgan fingerprint density at radius 2 is 1.95 bits per heavy atom. The molecule has 2 unspecified atom stereocenters. The van der Waals surface area contributed by atoms with Crippen LogP contribution in [0.3, 0.4) is 0 Å². The molecule has 0 aliphatic rings. The van der Waals surface area contributed by atoms with Gasteiger partial charge >= 0.3 is 5.97 Å². The third kappa shape index (κ3) is 5.95. The minimum absolute atomic E-state index is 0.310. The Morgan fingerprint density at radius 1 is 1.29 bits per heavy atom. The standard InChI is InChI=1S/C16H24N2O3/c1-3-4-10-13(17)15(19)18-14(16(20)21-2)11-12-8-6-5-7-9-12/h5-9,13-14H,3-4,10-11,17H2,1-2H3,(H,18,19). The van der Waals surface area contributed by atoms with Gasteiger partial charge in [-0.25, -0.2) is 4.79 Å². The zero-order valence-electron chi connectivity index (χ0n) is 12.7. The summed E-state index contributed by atoms with van der Waals surface area (Å²) in [5, 5.41) is 2.69. The van der Waals surface area contributed by atoms with Gasteiger partial charge in [-0.3, -0.25) is 4.79 Å². The monoisotopic (exact) mass is 292 g/mol. The molecule has 0 saturated carbocycles. The number of carbonyl (C=O) groups excluding carboxylic acids is 2. The molecule has 0 aliphatic carbocycles. The molecular formula is C16H24N2O3. The normalized spacial score (nSPS) is 13.3. The highest BCUT2D eigenvalue weighted by Crippen LogP contribution is 2.06. The molecule has 0 radical (unpaired) electrons. The van der Waals surface area contributed by atoms with E-state index < -0.39 is 18.1 Å². The zero-order valence-corrected chi connectivity index (χ0v) is 12.7. The van der Waals surface area contributed by atoms with Crippen LogP contribution in [-0.4, -0.2) is 31.1 Å². The van der Waals surface area contributed by atoms with Gasteiger partial charge in [-0.05, 0) is 12.0 Å². The van der Waals surface area contributed by atoms with Crippen molar-refractivity contribution in [2.75, 3.05) is 7.11 Å². The Hall–Kier alpha value is -1.88. The molecule has 1 rings (SSSR count). The molecular weight excluding hydrogens is 268 g/mol. The molecule has 1 aromatic rings. The van der Waals surface area contributed by atoms with Crippen molar-refractivity contribution in [2.24, 2.45) is 5.73 Å². The molecule has 0 bridgehead atoms. The highest BCUT2D eigenvalue weighted by molar-refractivity contribution is 5.87. The second-order valence-corrected chi connectivity index (χ2v) is 5.02. The molecule has 2 atom stereocenters. The summed E-state index contributed by atoms with van der Waals surface area (Å²) in [7, 11) is 1.31. The van der Waals surface area contributed by atoms with Crippen LogP contribution in [0.5, 0.6) is 0 Å². The minimum atomic E-state index is -0.711. The molecule has 1 aromatic carbocycles. The fourth-order valence-corrected chi connectivity index (χ4v) is 2.02. The zero-order chi connectivity index (χ0) is 15.7. The van der Waals surface area contributed by atoms with Gasteiger partial charge in [-0.1, -0.05) is 50.1 Å². The van der Waals surface area contributed by atoms with Crippen molar-refractivity contribution in [2.45, 2.75) is 44.7 Å². The van der Waals surface area contributed by atoms with E-state index in [1.165, 1.54) is 7.11 Å². The van der Waals surface area contributed by atoms with Gasteiger partial charge in [-0.15, -0.1) is 0 Å². The molecule has 0 aliphatic heterocycles. The van der Waals surface area contributed by atoms with Gasteiger partial charge in [0.1, 0.15) is 6.04 Å². The Balaban J connectivity index is 2.66. The van der Waals surface area contributed by atoms with Crippen LogP contribution in [0, 0.1) is 0 Å². The number of amides is 1. The average molecular weight is 292 g/mol. The lowest BCUT2D eigenvalue weighted by Gasteiger charge is -2.19. The van der Waals surface area contributed by atoms with Crippen LogP contribution in [0.4, 0.5) is 0 Å². The van der Waals surface area contributed by atoms with Crippen LogP contribution in [0.25, 0.3) is 0 Å². The number of nitrogens with two attached hydrogens (primary N) is 1. The highest BCUT2D eigenvalue weighted by Gasteiger charge is 2.24. The van der Waals surface area contributed by atoms with Gasteiger partial charge in [0, 0.05) is 6.42 Å². The molecule has 5 heteroatoms. The van der Waals surface area contributed by atoms with Crippen LogP contribution in [0.15, 0.2) is 30.3 Å². The van der Waals surface area contributed by atoms with Crippen LogP contribution < -0.4 is 11.1 Å². The number of esters is 1. The predicted molar refractivity (Wildman–Crippen MR) is 81.6 cm³/mol. The number of rotatable bonds is 8. The molecule has 0 aromatic heterocycles. The van der Waals surface area contributed by atoms with Gasteiger partial charge < -0.3 is 15.8 Å². The smallest absolute Gasteiger partial charge is 0.328 e. The SMILES string of the molecule is CCCCC(N)C(=O)NC(Cc1ccccc1)C(=O)OC. The van der Waals surface area contributed by atoms with E-state index in [1.54, 1.807) is 0 Å². The summed E-state index contributed by atoms with van der Waals surface area (Å²) in [5.41, 5.74) is 6.78. The first kappa shape index (κ1) is 17.2. The predicted octanol–water partition coefficient (Wildman–Crippen LogP) is 1.40. The molecule has 1 amide bonds. The summed E-state index contributed by atoms with van der Waals surface area (Å²) in [6, 6.07) is 8.18. The molecule has 3 N–H and O–H groups in total. The third-order valence-electron chi connectivity index (χ3n) is 3.29. The number of methoxy groups -OCH3 is 1. The number of carbonyl (C=O) groups is 2. The van der Waals surface area contributed by atoms with E-state index in [0.717, 1.165) is 18.4 Å². The Morgan fingerprint density at radius 3 is 2.52 bits per heavy atom. The highest BCUT2D eigenvalue weighted by atomic mass is 16.5. The number of unbranched alkanes of at least 4 members (excludes halogenated alkanes) is 1. The summed E-state index contributed by atoms with van der Waals surface area (Å²) >= 11 is 0. The number of hydrogen-bond acceptors (Lipinski definition) is 4. The quantitative estimate of drug-likeness (QED) is 0.710. The number of benzene rings is 1. The molecule has 0 saturated heterocycles. The molecule has 0 fully saturated rings. The molecule has 21 heavy (non-hydrogen) atoms. The van der Waals surface area contributed by atoms with E-state index in [4.69, 9.17) is 10.5 Å². The van der Waals surface area contributed by atoms with E-state index in [9.17, 15) is 9.59 Å². The maximum Gasteiger partial charge on any atom is 0.328 e. The lowest BCUT2D eigenvalue weighted by molar-refractivity contribution is -0.145. The van der Waals surface area contributed by atoms with E-state index in [2.05, 4.69) is 5.32 Å². The number of ether oxygens (including phenoxy) is 1. The van der Waals surface area contributed by atoms with Crippen LogP contribution >= 0.6 is 0 Å². The maximum absolute atomic E-state index is 12.0. The first-order valence-electron chi connectivity index (χ1n) is 7.26. The van der Waals surface area contributed by atoms with Gasteiger partial charge in [0.25, 0.3) is 0 Å². The second-order valence-electron chi connectivity index (χ2n) is 5.02. The summed E-state index contributed by atoms with van der Waals surface area (Å²) < 4.78 is 4.75. The van der Waals surface area contributed by atoms with Crippen molar-refractivity contribution in [3.05, 3.63) is 35.9 Å². The lowest BCUT2D eigenvalue weighted by atomic mass is 10.0. The van der Waals surface area contributed by atoms with Gasteiger partial charge in [0.15, 0.2) is 0 Å². The summed E-state index contributed by atoms with van der Waals surface area (Å²) in [6.07, 6.45) is 2.86. The minimum Gasteiger partial charge on any atom is -0.467 e. The van der Waals surface area contributed by atoms with Crippen molar-refractivity contribution in [1.29, 1.82) is 0 Å². The first-order valence-corrected chi connectivity index (χ1v) is 7.26. The lowest BCUT2D eigenvalue weighted by Crippen LogP contribution is -2.49. The summed E-state index contributed by atoms with van der Waals surface area (Å²) in [6.45, 7) is 2.04. The van der Waals surface area contributed by atoms with Gasteiger partial charge in [0.05, 0.1) is 13.2 Å². The number of nitrogens with one attached hydrogen (secondary N) is 1. The van der Waals surface area contributed by atoms with E-state index in [1.807, 2.05) is 37.3 Å². The largest absolute Gasteiger partial charge is 0.467 e. The average Bonchev–Trinajstić information content (AvgIpc) is 2.51. The van der Waals surface area contributed by atoms with Crippen molar-refractivity contribution in [3.8, 4) is 0 Å². The van der Waals surface area contributed by atoms with Gasteiger partial charge in [0.2, 0.25) is 5.91 Å². The molecule has 116 valence electrons. The van der Waals surface area contributed by atoms with E-state index >= 15 is 0 Å². The van der Waals surface area contributed by atoms with Crippen molar-refractivity contribution >= 4 is 11.9 Å². The Labute approximate surface area is 125 Å². The number of hydrogen-bond donors (Lipinski definition) is 2. The van der Waals surface area contributed by atoms with Crippen LogP contribution in [0.1, 0.15) is 31.7 Å². The Kier molecular flexibility index (Phi) is 7.46. The van der Waals surface area contributed by atoms with Crippen LogP contribution in [-0.2, 0) is 20.7 Å². The topological polar surface area (TPSA) is 81.4 Å². The van der Waals surface area contributed by atoms with E-state index in [0.29, 0.717) is 12.8 Å². The molecule has 0 spiro atoms. The first-order chi connectivity index (χ1) is 10.1. The van der Waals surface area contributed by atoms with Crippen molar-refractivity contribution in [1.82, 2.24) is 5.32 Å². The third-order valence-corrected chi connectivity index (χ3v) is 3.29. The maximum atomic E-state index is 12.0. The van der Waals surface area contributed by atoms with Crippen molar-refractivity contribution in [3.63, 3.8) is 0 Å². The van der Waals surface area contributed by atoms with Crippen LogP contribution in [0.2, 0.25) is 0 Å². The van der Waals surface area contributed by atoms with E-state index in [-0.39, 0.29) is 5.91 Å². The fraction of sp³-hybridized carbons (Fsp3) is 0.500. The van der Waals surface area contributed by atoms with Crippen molar-refractivity contribution < 1.29 is 14.3 Å². The fourth-order valence-electron chi connectivity index (χ4n) is 2.02. The summed E-state index contributed by atoms with van der Waals surface area (Å²) in [5.74, 6) is -0.773. The molecule has 0 heterocycles.